The van der Waals surface area contributed by atoms with E-state index >= 15 is 0 Å². The lowest BCUT2D eigenvalue weighted by atomic mass is 9.57. The van der Waals surface area contributed by atoms with E-state index in [1.165, 1.54) is 38.5 Å². The molecule has 0 spiro atoms. The molecule has 1 aliphatic rings. The van der Waals surface area contributed by atoms with Crippen molar-refractivity contribution in [3.63, 3.8) is 0 Å². The van der Waals surface area contributed by atoms with E-state index in [-0.39, 0.29) is 11.0 Å². The third-order valence-electron chi connectivity index (χ3n) is 5.02. The van der Waals surface area contributed by atoms with Gasteiger partial charge in [0.05, 0.1) is 0 Å². The molecule has 1 saturated carbocycles. The zero-order valence-electron chi connectivity index (χ0n) is 12.3. The monoisotopic (exact) mass is 255 g/mol. The molecule has 0 heterocycles. The van der Waals surface area contributed by atoms with Crippen molar-refractivity contribution in [1.29, 1.82) is 0 Å². The van der Waals surface area contributed by atoms with Crippen LogP contribution in [0.4, 0.5) is 0 Å². The highest BCUT2D eigenvalue weighted by atomic mass is 16.6. The highest BCUT2D eigenvalue weighted by Gasteiger charge is 2.42. The van der Waals surface area contributed by atoms with E-state index in [2.05, 4.69) is 13.8 Å². The first kappa shape index (κ1) is 15.5. The van der Waals surface area contributed by atoms with Gasteiger partial charge in [0.15, 0.2) is 0 Å². The summed E-state index contributed by atoms with van der Waals surface area (Å²) in [5, 5.41) is 10.9. The fourth-order valence-electron chi connectivity index (χ4n) is 3.26. The summed E-state index contributed by atoms with van der Waals surface area (Å²) < 4.78 is 0. The number of unbranched alkanes of at least 4 members (excludes halogenated alkanes) is 2. The third-order valence-corrected chi connectivity index (χ3v) is 5.02. The topological polar surface area (TPSA) is 43.1 Å². The van der Waals surface area contributed by atoms with Crippen molar-refractivity contribution in [2.24, 2.45) is 11.3 Å². The summed E-state index contributed by atoms with van der Waals surface area (Å²) in [5.74, 6) is 0.827. The Kier molecular flexibility index (Phi) is 6.10. The summed E-state index contributed by atoms with van der Waals surface area (Å²) in [7, 11) is 0. The van der Waals surface area contributed by atoms with E-state index in [1.54, 1.807) is 0 Å². The summed E-state index contributed by atoms with van der Waals surface area (Å²) >= 11 is 0. The van der Waals surface area contributed by atoms with Gasteiger partial charge in [-0.25, -0.2) is 0 Å². The lowest BCUT2D eigenvalue weighted by Crippen LogP contribution is -2.38. The molecule has 0 aromatic heterocycles. The SMILES string of the molecule is CCCCCC1CCC1(C)CCC(CC)[N+](=O)[O-]. The largest absolute Gasteiger partial charge is 0.264 e. The summed E-state index contributed by atoms with van der Waals surface area (Å²) in [6.45, 7) is 6.51. The first-order valence-electron chi connectivity index (χ1n) is 7.67. The first-order chi connectivity index (χ1) is 8.53. The minimum Gasteiger partial charge on any atom is -0.264 e. The molecule has 0 aliphatic heterocycles. The zero-order valence-corrected chi connectivity index (χ0v) is 12.3. The van der Waals surface area contributed by atoms with Crippen molar-refractivity contribution in [1.82, 2.24) is 0 Å². The Morgan fingerprint density at radius 1 is 1.39 bits per heavy atom. The average molecular weight is 255 g/mol. The minimum absolute atomic E-state index is 0.0892. The van der Waals surface area contributed by atoms with E-state index in [9.17, 15) is 10.1 Å². The molecule has 106 valence electrons. The molecule has 0 N–H and O–H groups in total. The van der Waals surface area contributed by atoms with Crippen molar-refractivity contribution in [3.8, 4) is 0 Å². The van der Waals surface area contributed by atoms with E-state index in [0.29, 0.717) is 11.8 Å². The number of rotatable bonds is 9. The van der Waals surface area contributed by atoms with Gasteiger partial charge in [-0.2, -0.15) is 0 Å². The Balaban J connectivity index is 2.33. The third kappa shape index (κ3) is 3.96. The van der Waals surface area contributed by atoms with Crippen molar-refractivity contribution in [3.05, 3.63) is 10.1 Å². The van der Waals surface area contributed by atoms with Crippen LogP contribution in [-0.2, 0) is 0 Å². The van der Waals surface area contributed by atoms with Gasteiger partial charge in [-0.05, 0) is 37.0 Å². The maximum absolute atomic E-state index is 10.9. The number of hydrogen-bond acceptors (Lipinski definition) is 2. The molecule has 3 nitrogen and oxygen atoms in total. The molecule has 3 unspecified atom stereocenters. The van der Waals surface area contributed by atoms with Crippen LogP contribution in [0, 0.1) is 21.4 Å². The standard InChI is InChI=1S/C15H29NO2/c1-4-6-7-8-13-9-11-15(13,3)12-10-14(5-2)16(17)18/h13-14H,4-12H2,1-3H3. The molecule has 0 aromatic carbocycles. The zero-order chi connectivity index (χ0) is 13.6. The average Bonchev–Trinajstić information content (AvgIpc) is 2.33. The van der Waals surface area contributed by atoms with Gasteiger partial charge in [0.25, 0.3) is 0 Å². The van der Waals surface area contributed by atoms with Crippen molar-refractivity contribution < 1.29 is 4.92 Å². The Labute approximate surface area is 111 Å². The van der Waals surface area contributed by atoms with Gasteiger partial charge in [0.1, 0.15) is 0 Å². The van der Waals surface area contributed by atoms with E-state index in [1.807, 2.05) is 6.92 Å². The van der Waals surface area contributed by atoms with Crippen LogP contribution in [0.2, 0.25) is 0 Å². The molecule has 18 heavy (non-hydrogen) atoms. The smallest absolute Gasteiger partial charge is 0.212 e. The fourth-order valence-corrected chi connectivity index (χ4v) is 3.26. The van der Waals surface area contributed by atoms with Gasteiger partial charge < -0.3 is 0 Å². The van der Waals surface area contributed by atoms with Crippen LogP contribution in [0.15, 0.2) is 0 Å². The van der Waals surface area contributed by atoms with Gasteiger partial charge in [0.2, 0.25) is 6.04 Å². The summed E-state index contributed by atoms with van der Waals surface area (Å²) in [6, 6.07) is -0.321. The lowest BCUT2D eigenvalue weighted by Gasteiger charge is -2.48. The normalized spacial score (nSPS) is 28.7. The van der Waals surface area contributed by atoms with Crippen LogP contribution >= 0.6 is 0 Å². The van der Waals surface area contributed by atoms with Crippen molar-refractivity contribution in [2.45, 2.75) is 84.6 Å². The van der Waals surface area contributed by atoms with Crippen molar-refractivity contribution in [2.75, 3.05) is 0 Å². The Morgan fingerprint density at radius 3 is 2.56 bits per heavy atom. The second-order valence-corrected chi connectivity index (χ2v) is 6.27. The predicted molar refractivity (Wildman–Crippen MR) is 75.3 cm³/mol. The fraction of sp³-hybridized carbons (Fsp3) is 1.00. The maximum atomic E-state index is 10.9. The van der Waals surface area contributed by atoms with Gasteiger partial charge in [-0.1, -0.05) is 40.0 Å². The number of nitrogens with zero attached hydrogens (tertiary/aromatic N) is 1. The molecular formula is C15H29NO2. The Bertz CT molecular complexity index is 267. The molecule has 1 fully saturated rings. The summed E-state index contributed by atoms with van der Waals surface area (Å²) in [6.07, 6.45) is 10.4. The van der Waals surface area contributed by atoms with Crippen LogP contribution in [-0.4, -0.2) is 11.0 Å². The number of nitro groups is 1. The van der Waals surface area contributed by atoms with Crippen LogP contribution in [0.5, 0.6) is 0 Å². The molecule has 3 atom stereocenters. The molecular weight excluding hydrogens is 226 g/mol. The first-order valence-corrected chi connectivity index (χ1v) is 7.67. The predicted octanol–water partition coefficient (Wildman–Crippen LogP) is 4.82. The molecule has 1 rings (SSSR count). The molecule has 0 saturated heterocycles. The quantitative estimate of drug-likeness (QED) is 0.337. The second kappa shape index (κ2) is 7.10. The summed E-state index contributed by atoms with van der Waals surface area (Å²) in [5.41, 5.74) is 0.400. The molecule has 0 radical (unpaired) electrons. The lowest BCUT2D eigenvalue weighted by molar-refractivity contribution is -0.524. The van der Waals surface area contributed by atoms with Gasteiger partial charge >= 0.3 is 0 Å². The van der Waals surface area contributed by atoms with E-state index < -0.39 is 0 Å². The van der Waals surface area contributed by atoms with E-state index in [0.717, 1.165) is 18.8 Å². The van der Waals surface area contributed by atoms with Crippen molar-refractivity contribution >= 4 is 0 Å². The number of hydrogen-bond donors (Lipinski definition) is 0. The molecule has 1 aliphatic carbocycles. The van der Waals surface area contributed by atoms with Crippen LogP contribution in [0.3, 0.4) is 0 Å². The van der Waals surface area contributed by atoms with Crippen LogP contribution < -0.4 is 0 Å². The second-order valence-electron chi connectivity index (χ2n) is 6.27. The van der Waals surface area contributed by atoms with Gasteiger partial charge in [0, 0.05) is 17.8 Å². The van der Waals surface area contributed by atoms with Gasteiger partial charge in [-0.15, -0.1) is 0 Å². The molecule has 0 bridgehead atoms. The molecule has 0 aromatic rings. The maximum Gasteiger partial charge on any atom is 0.212 e. The highest BCUT2D eigenvalue weighted by Crippen LogP contribution is 2.52. The molecule has 3 heteroatoms. The van der Waals surface area contributed by atoms with E-state index in [4.69, 9.17) is 0 Å². The molecule has 0 amide bonds. The van der Waals surface area contributed by atoms with Crippen LogP contribution in [0.25, 0.3) is 0 Å². The Morgan fingerprint density at radius 2 is 2.11 bits per heavy atom. The van der Waals surface area contributed by atoms with Gasteiger partial charge in [-0.3, -0.25) is 10.1 Å². The summed E-state index contributed by atoms with van der Waals surface area (Å²) in [4.78, 5) is 10.8. The van der Waals surface area contributed by atoms with Crippen LogP contribution in [0.1, 0.15) is 78.6 Å². The minimum atomic E-state index is -0.321. The highest BCUT2D eigenvalue weighted by molar-refractivity contribution is 4.92. The Hall–Kier alpha value is -0.600.